The van der Waals surface area contributed by atoms with Crippen LogP contribution in [0.25, 0.3) is 0 Å². The van der Waals surface area contributed by atoms with E-state index in [1.54, 1.807) is 0 Å². The van der Waals surface area contributed by atoms with Crippen LogP contribution in [0.1, 0.15) is 19.4 Å². The normalized spacial score (nSPS) is 17.6. The van der Waals surface area contributed by atoms with E-state index in [1.165, 1.54) is 5.69 Å². The van der Waals surface area contributed by atoms with E-state index in [1.807, 2.05) is 26.0 Å². The highest BCUT2D eigenvalue weighted by Crippen LogP contribution is 2.25. The summed E-state index contributed by atoms with van der Waals surface area (Å²) in [5.74, 6) is 0. The van der Waals surface area contributed by atoms with Crippen molar-refractivity contribution in [3.63, 3.8) is 0 Å². The summed E-state index contributed by atoms with van der Waals surface area (Å²) >= 11 is 6.02. The largest absolute Gasteiger partial charge is 0.389 e. The second kappa shape index (κ2) is 6.31. The molecule has 0 aliphatic carbocycles. The number of benzene rings is 1. The van der Waals surface area contributed by atoms with Crippen LogP contribution in [-0.4, -0.2) is 48.3 Å². The Morgan fingerprint density at radius 1 is 1.25 bits per heavy atom. The number of hydrogen-bond donors (Lipinski definition) is 2. The number of β-amino-alcohol motifs (C(OH)–C–C–N with tert-alkyl or cyclic N) is 1. The molecule has 0 atom stereocenters. The fourth-order valence-electron chi connectivity index (χ4n) is 2.72. The minimum absolute atomic E-state index is 0.500. The van der Waals surface area contributed by atoms with Crippen molar-refractivity contribution < 1.29 is 5.11 Å². The molecule has 1 aliphatic heterocycles. The van der Waals surface area contributed by atoms with Crippen molar-refractivity contribution in [1.29, 1.82) is 0 Å². The van der Waals surface area contributed by atoms with Gasteiger partial charge in [-0.05, 0) is 37.6 Å². The molecule has 0 radical (unpaired) electrons. The molecule has 1 fully saturated rings. The summed E-state index contributed by atoms with van der Waals surface area (Å²) < 4.78 is 0. The highest BCUT2D eigenvalue weighted by atomic mass is 35.5. The third kappa shape index (κ3) is 4.09. The molecule has 1 aromatic carbocycles. The quantitative estimate of drug-likeness (QED) is 0.888. The van der Waals surface area contributed by atoms with Crippen molar-refractivity contribution in [2.75, 3.05) is 37.6 Å². The van der Waals surface area contributed by atoms with E-state index < -0.39 is 5.60 Å². The third-order valence-corrected chi connectivity index (χ3v) is 3.82. The van der Waals surface area contributed by atoms with Gasteiger partial charge in [0.15, 0.2) is 0 Å². The Kier molecular flexibility index (Phi) is 4.91. The van der Waals surface area contributed by atoms with Crippen molar-refractivity contribution in [3.05, 3.63) is 28.8 Å². The van der Waals surface area contributed by atoms with Gasteiger partial charge in [0.1, 0.15) is 0 Å². The van der Waals surface area contributed by atoms with E-state index in [2.05, 4.69) is 15.9 Å². The van der Waals surface area contributed by atoms with Crippen LogP contribution in [0.5, 0.6) is 0 Å². The number of nitrogens with zero attached hydrogens (tertiary/aromatic N) is 2. The van der Waals surface area contributed by atoms with Gasteiger partial charge < -0.3 is 15.7 Å². The number of anilines is 1. The Bertz CT molecular complexity index is 451. The zero-order valence-corrected chi connectivity index (χ0v) is 13.0. The van der Waals surface area contributed by atoms with Crippen LogP contribution < -0.4 is 10.6 Å². The highest BCUT2D eigenvalue weighted by Gasteiger charge is 2.23. The van der Waals surface area contributed by atoms with Crippen molar-refractivity contribution in [2.24, 2.45) is 5.73 Å². The lowest BCUT2D eigenvalue weighted by molar-refractivity contribution is 0.0345. The molecule has 5 heteroatoms. The number of piperazine rings is 1. The molecular weight excluding hydrogens is 274 g/mol. The standard InChI is InChI=1S/C15H24ClN3O/c1-15(2,20)11-18-5-7-19(8-6-18)14-4-3-13(16)9-12(14)10-17/h3-4,9,20H,5-8,10-11,17H2,1-2H3. The molecule has 0 aromatic heterocycles. The monoisotopic (exact) mass is 297 g/mol. The van der Waals surface area contributed by atoms with Crippen molar-refractivity contribution in [2.45, 2.75) is 26.0 Å². The van der Waals surface area contributed by atoms with Crippen LogP contribution in [0.4, 0.5) is 5.69 Å². The van der Waals surface area contributed by atoms with E-state index >= 15 is 0 Å². The summed E-state index contributed by atoms with van der Waals surface area (Å²) in [5.41, 5.74) is 7.45. The second-order valence-electron chi connectivity index (χ2n) is 6.05. The first kappa shape index (κ1) is 15.6. The summed E-state index contributed by atoms with van der Waals surface area (Å²) in [5, 5.41) is 10.6. The van der Waals surface area contributed by atoms with Gasteiger partial charge >= 0.3 is 0 Å². The molecular formula is C15H24ClN3O. The first-order valence-electron chi connectivity index (χ1n) is 7.07. The predicted octanol–water partition coefficient (Wildman–Crippen LogP) is 1.69. The van der Waals surface area contributed by atoms with Crippen LogP contribution in [0.2, 0.25) is 5.02 Å². The zero-order valence-electron chi connectivity index (χ0n) is 12.3. The Morgan fingerprint density at radius 2 is 1.90 bits per heavy atom. The third-order valence-electron chi connectivity index (χ3n) is 3.58. The fraction of sp³-hybridized carbons (Fsp3) is 0.600. The maximum atomic E-state index is 9.88. The molecule has 0 spiro atoms. The highest BCUT2D eigenvalue weighted by molar-refractivity contribution is 6.30. The molecule has 3 N–H and O–H groups in total. The summed E-state index contributed by atoms with van der Waals surface area (Å²) in [6, 6.07) is 5.91. The van der Waals surface area contributed by atoms with Crippen LogP contribution in [-0.2, 0) is 6.54 Å². The Morgan fingerprint density at radius 3 is 2.45 bits per heavy atom. The lowest BCUT2D eigenvalue weighted by atomic mass is 10.1. The van der Waals surface area contributed by atoms with Crippen molar-refractivity contribution >= 4 is 17.3 Å². The van der Waals surface area contributed by atoms with Crippen molar-refractivity contribution in [1.82, 2.24) is 4.90 Å². The van der Waals surface area contributed by atoms with Gasteiger partial charge in [-0.2, -0.15) is 0 Å². The number of hydrogen-bond acceptors (Lipinski definition) is 4. The van der Waals surface area contributed by atoms with Gasteiger partial charge in [-0.3, -0.25) is 4.90 Å². The van der Waals surface area contributed by atoms with E-state index in [9.17, 15) is 5.11 Å². The number of aliphatic hydroxyl groups is 1. The molecule has 20 heavy (non-hydrogen) atoms. The SMILES string of the molecule is CC(C)(O)CN1CCN(c2ccc(Cl)cc2CN)CC1. The van der Waals surface area contributed by atoms with Gasteiger partial charge in [0.05, 0.1) is 5.60 Å². The molecule has 112 valence electrons. The van der Waals surface area contributed by atoms with Gasteiger partial charge in [-0.1, -0.05) is 11.6 Å². The molecule has 0 amide bonds. The van der Waals surface area contributed by atoms with Crippen molar-refractivity contribution in [3.8, 4) is 0 Å². The Hall–Kier alpha value is -0.810. The maximum Gasteiger partial charge on any atom is 0.0718 e. The smallest absolute Gasteiger partial charge is 0.0718 e. The van der Waals surface area contributed by atoms with E-state index in [0.29, 0.717) is 13.1 Å². The molecule has 0 saturated carbocycles. The summed E-state index contributed by atoms with van der Waals surface area (Å²) in [7, 11) is 0. The zero-order chi connectivity index (χ0) is 14.8. The topological polar surface area (TPSA) is 52.7 Å². The predicted molar refractivity (Wildman–Crippen MR) is 84.3 cm³/mol. The van der Waals surface area contributed by atoms with Gasteiger partial charge in [-0.15, -0.1) is 0 Å². The van der Waals surface area contributed by atoms with E-state index in [0.717, 1.165) is 36.8 Å². The molecule has 1 aromatic rings. The van der Waals surface area contributed by atoms with Gasteiger partial charge in [-0.25, -0.2) is 0 Å². The van der Waals surface area contributed by atoms with Crippen LogP contribution in [0, 0.1) is 0 Å². The average molecular weight is 298 g/mol. The number of nitrogens with two attached hydrogens (primary N) is 1. The van der Waals surface area contributed by atoms with E-state index in [4.69, 9.17) is 17.3 Å². The summed E-state index contributed by atoms with van der Waals surface area (Å²) in [4.78, 5) is 4.65. The first-order valence-corrected chi connectivity index (χ1v) is 7.45. The van der Waals surface area contributed by atoms with Gasteiger partial charge in [0.25, 0.3) is 0 Å². The molecule has 1 aliphatic rings. The number of halogens is 1. The first-order chi connectivity index (χ1) is 9.39. The second-order valence-corrected chi connectivity index (χ2v) is 6.49. The van der Waals surface area contributed by atoms with Crippen LogP contribution in [0.15, 0.2) is 18.2 Å². The summed E-state index contributed by atoms with van der Waals surface area (Å²) in [6.07, 6.45) is 0. The molecule has 4 nitrogen and oxygen atoms in total. The minimum Gasteiger partial charge on any atom is -0.389 e. The Labute approximate surface area is 126 Å². The molecule has 0 bridgehead atoms. The average Bonchev–Trinajstić information content (AvgIpc) is 2.38. The Balaban J connectivity index is 2.00. The summed E-state index contributed by atoms with van der Waals surface area (Å²) in [6.45, 7) is 8.73. The fourth-order valence-corrected chi connectivity index (χ4v) is 2.91. The number of rotatable bonds is 4. The minimum atomic E-state index is -0.634. The van der Waals surface area contributed by atoms with Gasteiger partial charge in [0, 0.05) is 50.0 Å². The molecule has 1 heterocycles. The maximum absolute atomic E-state index is 9.88. The molecule has 0 unspecified atom stereocenters. The van der Waals surface area contributed by atoms with Crippen LogP contribution in [0.3, 0.4) is 0 Å². The van der Waals surface area contributed by atoms with Gasteiger partial charge in [0.2, 0.25) is 0 Å². The van der Waals surface area contributed by atoms with Crippen LogP contribution >= 0.6 is 11.6 Å². The van der Waals surface area contributed by atoms with E-state index in [-0.39, 0.29) is 0 Å². The lowest BCUT2D eigenvalue weighted by Gasteiger charge is -2.39. The molecule has 2 rings (SSSR count). The molecule has 1 saturated heterocycles. The lowest BCUT2D eigenvalue weighted by Crippen LogP contribution is -2.50.